The molecule has 9 nitrogen and oxygen atoms in total. The number of rotatable bonds is 12. The van der Waals surface area contributed by atoms with Gasteiger partial charge in [-0.3, -0.25) is 9.59 Å². The van der Waals surface area contributed by atoms with Gasteiger partial charge < -0.3 is 30.1 Å². The van der Waals surface area contributed by atoms with E-state index in [2.05, 4.69) is 24.5 Å². The molecule has 0 spiro atoms. The lowest BCUT2D eigenvalue weighted by atomic mass is 9.97. The number of anilines is 1. The number of aliphatic hydroxyl groups is 1. The van der Waals surface area contributed by atoms with E-state index < -0.39 is 42.2 Å². The second-order valence-electron chi connectivity index (χ2n) is 11.0. The van der Waals surface area contributed by atoms with Crippen molar-refractivity contribution in [2.45, 2.75) is 78.1 Å². The number of hydrogen-bond acceptors (Lipinski definition) is 6. The van der Waals surface area contributed by atoms with Gasteiger partial charge in [0.25, 0.3) is 5.91 Å². The molecule has 3 N–H and O–H groups in total. The second kappa shape index (κ2) is 14.5. The molecule has 3 amide bonds. The van der Waals surface area contributed by atoms with E-state index in [9.17, 15) is 19.5 Å². The lowest BCUT2D eigenvalue weighted by Crippen LogP contribution is -2.56. The third-order valence-corrected chi connectivity index (χ3v) is 6.06. The van der Waals surface area contributed by atoms with Crippen LogP contribution in [0.2, 0.25) is 0 Å². The van der Waals surface area contributed by atoms with Crippen LogP contribution in [0.15, 0.2) is 54.6 Å². The number of methoxy groups -OCH3 is 1. The van der Waals surface area contributed by atoms with Gasteiger partial charge in [-0.25, -0.2) is 4.79 Å². The van der Waals surface area contributed by atoms with Crippen molar-refractivity contribution in [1.29, 1.82) is 0 Å². The molecule has 3 unspecified atom stereocenters. The summed E-state index contributed by atoms with van der Waals surface area (Å²) in [6.07, 6.45) is 0.604. The molecule has 0 saturated heterocycles. The smallest absolute Gasteiger partial charge is 0.408 e. The topological polar surface area (TPSA) is 117 Å². The number of benzene rings is 2. The highest BCUT2D eigenvalue weighted by molar-refractivity contribution is 5.99. The van der Waals surface area contributed by atoms with Crippen LogP contribution in [0.25, 0.3) is 0 Å². The van der Waals surface area contributed by atoms with Crippen LogP contribution >= 0.6 is 0 Å². The van der Waals surface area contributed by atoms with Crippen LogP contribution in [0.3, 0.4) is 0 Å². The lowest BCUT2D eigenvalue weighted by molar-refractivity contribution is -0.144. The molecular weight excluding hydrogens is 498 g/mol. The Morgan fingerprint density at radius 3 is 2.08 bits per heavy atom. The van der Waals surface area contributed by atoms with Crippen molar-refractivity contribution >= 4 is 23.6 Å². The molecule has 2 aromatic carbocycles. The van der Waals surface area contributed by atoms with Gasteiger partial charge in [-0.05, 0) is 76.3 Å². The first-order valence-corrected chi connectivity index (χ1v) is 13.3. The first kappa shape index (κ1) is 31.6. The molecule has 0 aliphatic rings. The van der Waals surface area contributed by atoms with Gasteiger partial charge in [0.1, 0.15) is 23.4 Å². The van der Waals surface area contributed by atoms with E-state index in [4.69, 9.17) is 9.47 Å². The fourth-order valence-corrected chi connectivity index (χ4v) is 4.09. The van der Waals surface area contributed by atoms with Crippen molar-refractivity contribution in [3.8, 4) is 5.75 Å². The molecule has 0 aliphatic heterocycles. The van der Waals surface area contributed by atoms with Crippen LogP contribution in [0.5, 0.6) is 5.75 Å². The number of aliphatic hydroxyl groups excluding tert-OH is 1. The van der Waals surface area contributed by atoms with Crippen LogP contribution in [0, 0.1) is 5.92 Å². The van der Waals surface area contributed by atoms with Gasteiger partial charge in [0, 0.05) is 11.7 Å². The van der Waals surface area contributed by atoms with E-state index in [1.54, 1.807) is 76.4 Å². The molecule has 0 bridgehead atoms. The molecule has 0 fully saturated rings. The minimum absolute atomic E-state index is 0.376. The van der Waals surface area contributed by atoms with E-state index in [0.717, 1.165) is 6.42 Å². The summed E-state index contributed by atoms with van der Waals surface area (Å²) >= 11 is 0. The minimum Gasteiger partial charge on any atom is -0.497 e. The van der Waals surface area contributed by atoms with Crippen LogP contribution in [0.4, 0.5) is 10.5 Å². The summed E-state index contributed by atoms with van der Waals surface area (Å²) < 4.78 is 10.5. The molecule has 0 aliphatic carbocycles. The predicted molar refractivity (Wildman–Crippen MR) is 151 cm³/mol. The molecule has 0 saturated carbocycles. The van der Waals surface area contributed by atoms with Crippen molar-refractivity contribution in [3.63, 3.8) is 0 Å². The number of amides is 3. The van der Waals surface area contributed by atoms with Gasteiger partial charge >= 0.3 is 6.09 Å². The summed E-state index contributed by atoms with van der Waals surface area (Å²) in [5, 5.41) is 15.5. The number of alkyl carbamates (subject to hydrolysis) is 1. The number of nitrogens with one attached hydrogen (secondary N) is 2. The standard InChI is InChI=1S/C30H43N3O6/c1-20(2)13-14-21(3)33(28(36)25(19-34)32-29(37)39-30(4,5)6)26(22-11-9-8-10-12-22)27(35)31-23-15-17-24(38-7)18-16-23/h8-12,15-18,20-21,25-26,34H,13-14,19H2,1-7H3,(H,31,35)(H,32,37). The monoisotopic (exact) mass is 541 g/mol. The second-order valence-corrected chi connectivity index (χ2v) is 11.0. The predicted octanol–water partition coefficient (Wildman–Crippen LogP) is 4.91. The Bertz CT molecular complexity index is 1070. The fraction of sp³-hybridized carbons (Fsp3) is 0.500. The number of hydrogen-bond donors (Lipinski definition) is 3. The van der Waals surface area contributed by atoms with Crippen LogP contribution in [0.1, 0.15) is 66.0 Å². The number of carbonyl (C=O) groups is 3. The summed E-state index contributed by atoms with van der Waals surface area (Å²) in [5.74, 6) is 0.00961. The maximum Gasteiger partial charge on any atom is 0.408 e. The largest absolute Gasteiger partial charge is 0.497 e. The molecule has 0 aromatic heterocycles. The highest BCUT2D eigenvalue weighted by Crippen LogP contribution is 2.29. The molecule has 2 aromatic rings. The Balaban J connectivity index is 2.50. The Morgan fingerprint density at radius 2 is 1.56 bits per heavy atom. The van der Waals surface area contributed by atoms with Crippen molar-refractivity contribution in [1.82, 2.24) is 10.2 Å². The molecule has 9 heteroatoms. The molecule has 0 radical (unpaired) electrons. The Kier molecular flexibility index (Phi) is 11.8. The molecule has 2 rings (SSSR count). The normalized spacial score (nSPS) is 13.7. The zero-order valence-electron chi connectivity index (χ0n) is 24.1. The highest BCUT2D eigenvalue weighted by atomic mass is 16.6. The van der Waals surface area contributed by atoms with E-state index in [1.807, 2.05) is 13.0 Å². The summed E-state index contributed by atoms with van der Waals surface area (Å²) in [6.45, 7) is 10.5. The Hall–Kier alpha value is -3.59. The van der Waals surface area contributed by atoms with Gasteiger partial charge in [-0.2, -0.15) is 0 Å². The number of carbonyl (C=O) groups excluding carboxylic acids is 3. The molecule has 214 valence electrons. The zero-order chi connectivity index (χ0) is 29.2. The maximum absolute atomic E-state index is 14.0. The Morgan fingerprint density at radius 1 is 0.949 bits per heavy atom. The average Bonchev–Trinajstić information content (AvgIpc) is 2.88. The molecule has 39 heavy (non-hydrogen) atoms. The van der Waals surface area contributed by atoms with Crippen molar-refractivity contribution in [2.24, 2.45) is 5.92 Å². The molecular formula is C30H43N3O6. The van der Waals surface area contributed by atoms with Gasteiger partial charge in [0.15, 0.2) is 0 Å². The molecule has 0 heterocycles. The third-order valence-electron chi connectivity index (χ3n) is 6.06. The minimum atomic E-state index is -1.30. The van der Waals surface area contributed by atoms with Crippen molar-refractivity contribution in [3.05, 3.63) is 60.2 Å². The van der Waals surface area contributed by atoms with Crippen LogP contribution in [-0.4, -0.2) is 59.3 Å². The lowest BCUT2D eigenvalue weighted by Gasteiger charge is -2.38. The van der Waals surface area contributed by atoms with E-state index in [0.29, 0.717) is 29.3 Å². The van der Waals surface area contributed by atoms with Crippen LogP contribution in [-0.2, 0) is 14.3 Å². The van der Waals surface area contributed by atoms with E-state index in [-0.39, 0.29) is 6.04 Å². The summed E-state index contributed by atoms with van der Waals surface area (Å²) in [7, 11) is 1.56. The average molecular weight is 542 g/mol. The van der Waals surface area contributed by atoms with E-state index >= 15 is 0 Å². The van der Waals surface area contributed by atoms with Gasteiger partial charge in [0.2, 0.25) is 5.91 Å². The summed E-state index contributed by atoms with van der Waals surface area (Å²) in [6, 6.07) is 13.2. The highest BCUT2D eigenvalue weighted by Gasteiger charge is 2.38. The van der Waals surface area contributed by atoms with Gasteiger partial charge in [0.05, 0.1) is 13.7 Å². The van der Waals surface area contributed by atoms with Gasteiger partial charge in [-0.15, -0.1) is 0 Å². The van der Waals surface area contributed by atoms with Gasteiger partial charge in [-0.1, -0.05) is 44.2 Å². The van der Waals surface area contributed by atoms with Crippen molar-refractivity contribution in [2.75, 3.05) is 19.0 Å². The third kappa shape index (κ3) is 9.90. The van der Waals surface area contributed by atoms with Crippen molar-refractivity contribution < 1.29 is 29.0 Å². The summed E-state index contributed by atoms with van der Waals surface area (Å²) in [4.78, 5) is 41.9. The maximum atomic E-state index is 14.0. The van der Waals surface area contributed by atoms with Crippen LogP contribution < -0.4 is 15.4 Å². The first-order valence-electron chi connectivity index (χ1n) is 13.3. The summed E-state index contributed by atoms with van der Waals surface area (Å²) in [5.41, 5.74) is 0.346. The molecule has 3 atom stereocenters. The number of ether oxygens (including phenoxy) is 2. The number of nitrogens with zero attached hydrogens (tertiary/aromatic N) is 1. The fourth-order valence-electron chi connectivity index (χ4n) is 4.09. The zero-order valence-corrected chi connectivity index (χ0v) is 24.1. The van der Waals surface area contributed by atoms with E-state index in [1.165, 1.54) is 4.90 Å². The SMILES string of the molecule is COc1ccc(NC(=O)C(c2ccccc2)N(C(=O)C(CO)NC(=O)OC(C)(C)C)C(C)CCC(C)C)cc1. The Labute approximate surface area is 231 Å². The quantitative estimate of drug-likeness (QED) is 0.351. The first-order chi connectivity index (χ1) is 18.4.